The van der Waals surface area contributed by atoms with E-state index in [0.717, 1.165) is 14.4 Å². The summed E-state index contributed by atoms with van der Waals surface area (Å²) in [6.07, 6.45) is 0. The zero-order chi connectivity index (χ0) is 13.0. The predicted molar refractivity (Wildman–Crippen MR) is 74.5 cm³/mol. The molecule has 0 spiro atoms. The predicted octanol–water partition coefficient (Wildman–Crippen LogP) is 1.29. The smallest absolute Gasteiger partial charge is 0.225 e. The maximum atomic E-state index is 5.49. The molecule has 7 nitrogen and oxygen atoms in total. The Morgan fingerprint density at radius 1 is 1.00 bits per heavy atom. The maximum Gasteiger partial charge on any atom is 0.225 e. The van der Waals surface area contributed by atoms with Crippen molar-refractivity contribution in [2.24, 2.45) is 0 Å². The average Bonchev–Trinajstić information content (AvgIpc) is 2.74. The van der Waals surface area contributed by atoms with Crippen LogP contribution in [0, 0.1) is 0 Å². The van der Waals surface area contributed by atoms with Crippen LogP contribution in [0.15, 0.2) is 8.68 Å². The second kappa shape index (κ2) is 6.16. The minimum Gasteiger partial charge on any atom is -0.368 e. The molecule has 2 aromatic heterocycles. The first-order valence-corrected chi connectivity index (χ1v) is 7.81. The summed E-state index contributed by atoms with van der Waals surface area (Å²) in [6.45, 7) is 2.08. The van der Waals surface area contributed by atoms with Crippen LogP contribution in [-0.4, -0.2) is 30.9 Å². The minimum absolute atomic E-state index is 0.137. The molecule has 10 heteroatoms. The number of aromatic nitrogens is 5. The van der Waals surface area contributed by atoms with Gasteiger partial charge in [-0.3, -0.25) is 0 Å². The van der Waals surface area contributed by atoms with Crippen molar-refractivity contribution in [3.8, 4) is 0 Å². The second-order valence-electron chi connectivity index (χ2n) is 3.02. The van der Waals surface area contributed by atoms with Gasteiger partial charge in [-0.25, -0.2) is 0 Å². The summed E-state index contributed by atoms with van der Waals surface area (Å²) in [5.41, 5.74) is 11.0. The number of rotatable bonds is 5. The van der Waals surface area contributed by atoms with Crippen molar-refractivity contribution in [1.82, 2.24) is 25.1 Å². The molecule has 0 saturated heterocycles. The van der Waals surface area contributed by atoms with Crippen molar-refractivity contribution in [3.05, 3.63) is 5.82 Å². The second-order valence-corrected chi connectivity index (χ2v) is 6.73. The Bertz CT molecular complexity index is 509. The number of hydrogen-bond donors (Lipinski definition) is 2. The third-order valence-electron chi connectivity index (χ3n) is 1.70. The van der Waals surface area contributed by atoms with Crippen molar-refractivity contribution in [2.45, 2.75) is 21.4 Å². The van der Waals surface area contributed by atoms with Gasteiger partial charge in [-0.2, -0.15) is 15.0 Å². The van der Waals surface area contributed by atoms with Gasteiger partial charge in [0, 0.05) is 0 Å². The molecule has 0 aliphatic rings. The lowest BCUT2D eigenvalue weighted by Gasteiger charge is -1.99. The normalized spacial score (nSPS) is 10.7. The van der Waals surface area contributed by atoms with Crippen LogP contribution in [0.4, 0.5) is 11.9 Å². The number of anilines is 2. The van der Waals surface area contributed by atoms with Crippen molar-refractivity contribution < 1.29 is 0 Å². The van der Waals surface area contributed by atoms with Crippen molar-refractivity contribution in [2.75, 3.05) is 17.2 Å². The van der Waals surface area contributed by atoms with Gasteiger partial charge >= 0.3 is 0 Å². The standard InChI is InChI=1S/C8H11N7S3/c1-2-16-7-14-15-8(18-7)17-3-4-11-5(9)13-6(10)12-4/h2-3H2,1H3,(H4,9,10,11,12,13). The van der Waals surface area contributed by atoms with Crippen LogP contribution in [-0.2, 0) is 5.75 Å². The van der Waals surface area contributed by atoms with Gasteiger partial charge in [0.15, 0.2) is 8.68 Å². The van der Waals surface area contributed by atoms with Gasteiger partial charge in [0.05, 0.1) is 5.75 Å². The van der Waals surface area contributed by atoms with E-state index in [0.29, 0.717) is 11.6 Å². The fraction of sp³-hybridized carbons (Fsp3) is 0.375. The Kier molecular flexibility index (Phi) is 4.55. The lowest BCUT2D eigenvalue weighted by molar-refractivity contribution is 0.949. The molecule has 0 saturated carbocycles. The molecule has 0 atom stereocenters. The highest BCUT2D eigenvalue weighted by molar-refractivity contribution is 8.02. The monoisotopic (exact) mass is 301 g/mol. The van der Waals surface area contributed by atoms with Gasteiger partial charge in [0.25, 0.3) is 0 Å². The van der Waals surface area contributed by atoms with Gasteiger partial charge in [-0.1, -0.05) is 41.8 Å². The number of nitrogens with zero attached hydrogens (tertiary/aromatic N) is 5. The first-order valence-electron chi connectivity index (χ1n) is 5.02. The molecule has 18 heavy (non-hydrogen) atoms. The van der Waals surface area contributed by atoms with Gasteiger partial charge in [-0.05, 0) is 5.75 Å². The third-order valence-corrected chi connectivity index (χ3v) is 4.76. The summed E-state index contributed by atoms with van der Waals surface area (Å²) in [6, 6.07) is 0. The summed E-state index contributed by atoms with van der Waals surface area (Å²) in [7, 11) is 0. The summed E-state index contributed by atoms with van der Waals surface area (Å²) < 4.78 is 1.85. The van der Waals surface area contributed by atoms with E-state index in [9.17, 15) is 0 Å². The number of thioether (sulfide) groups is 2. The van der Waals surface area contributed by atoms with Gasteiger partial charge in [-0.15, -0.1) is 10.2 Å². The Morgan fingerprint density at radius 2 is 1.61 bits per heavy atom. The minimum atomic E-state index is 0.137. The van der Waals surface area contributed by atoms with Crippen LogP contribution in [0.2, 0.25) is 0 Å². The Hall–Kier alpha value is -1.13. The lowest BCUT2D eigenvalue weighted by atomic mass is 10.7. The Balaban J connectivity index is 1.97. The van der Waals surface area contributed by atoms with E-state index in [4.69, 9.17) is 11.5 Å². The van der Waals surface area contributed by atoms with Crippen molar-refractivity contribution in [3.63, 3.8) is 0 Å². The molecule has 2 aromatic rings. The molecule has 0 aliphatic heterocycles. The van der Waals surface area contributed by atoms with Crippen LogP contribution in [0.1, 0.15) is 12.7 Å². The Morgan fingerprint density at radius 3 is 2.22 bits per heavy atom. The van der Waals surface area contributed by atoms with E-state index < -0.39 is 0 Å². The van der Waals surface area contributed by atoms with E-state index in [-0.39, 0.29) is 11.9 Å². The molecule has 0 fully saturated rings. The molecule has 2 heterocycles. The number of nitrogens with two attached hydrogens (primary N) is 2. The molecule has 0 bridgehead atoms. The number of hydrogen-bond acceptors (Lipinski definition) is 10. The lowest BCUT2D eigenvalue weighted by Crippen LogP contribution is -2.05. The van der Waals surface area contributed by atoms with Crippen LogP contribution < -0.4 is 11.5 Å². The van der Waals surface area contributed by atoms with E-state index >= 15 is 0 Å². The molecule has 0 aliphatic carbocycles. The van der Waals surface area contributed by atoms with E-state index in [1.165, 1.54) is 11.8 Å². The molecule has 2 rings (SSSR count). The van der Waals surface area contributed by atoms with Crippen LogP contribution in [0.3, 0.4) is 0 Å². The summed E-state index contributed by atoms with van der Waals surface area (Å²) in [5.74, 6) is 2.35. The largest absolute Gasteiger partial charge is 0.368 e. The average molecular weight is 301 g/mol. The van der Waals surface area contributed by atoms with Gasteiger partial charge < -0.3 is 11.5 Å². The van der Waals surface area contributed by atoms with E-state index in [2.05, 4.69) is 32.1 Å². The van der Waals surface area contributed by atoms with E-state index in [1.54, 1.807) is 23.1 Å². The zero-order valence-corrected chi connectivity index (χ0v) is 12.0. The molecule has 0 unspecified atom stereocenters. The summed E-state index contributed by atoms with van der Waals surface area (Å²) in [4.78, 5) is 11.7. The molecule has 0 radical (unpaired) electrons. The third kappa shape index (κ3) is 3.68. The number of nitrogen functional groups attached to an aromatic ring is 2. The van der Waals surface area contributed by atoms with Gasteiger partial charge in [0.2, 0.25) is 11.9 Å². The topological polar surface area (TPSA) is 116 Å². The molecule has 96 valence electrons. The first kappa shape index (κ1) is 13.3. The summed E-state index contributed by atoms with van der Waals surface area (Å²) in [5, 5.41) is 8.13. The van der Waals surface area contributed by atoms with Crippen LogP contribution in [0.25, 0.3) is 0 Å². The quantitative estimate of drug-likeness (QED) is 0.788. The molecular formula is C8H11N7S3. The highest BCUT2D eigenvalue weighted by atomic mass is 32.2. The van der Waals surface area contributed by atoms with Crippen LogP contribution in [0.5, 0.6) is 0 Å². The van der Waals surface area contributed by atoms with Crippen molar-refractivity contribution >= 4 is 46.8 Å². The molecule has 0 amide bonds. The van der Waals surface area contributed by atoms with Crippen LogP contribution >= 0.6 is 34.9 Å². The fourth-order valence-corrected chi connectivity index (χ4v) is 3.86. The van der Waals surface area contributed by atoms with Gasteiger partial charge in [0.1, 0.15) is 5.82 Å². The zero-order valence-electron chi connectivity index (χ0n) is 9.53. The summed E-state index contributed by atoms with van der Waals surface area (Å²) >= 11 is 4.73. The molecular weight excluding hydrogens is 290 g/mol. The molecule has 4 N–H and O–H groups in total. The molecule has 0 aromatic carbocycles. The maximum absolute atomic E-state index is 5.49. The SMILES string of the molecule is CCSc1nnc(SCc2nc(N)nc(N)n2)s1. The Labute approximate surface area is 116 Å². The first-order chi connectivity index (χ1) is 8.67. The fourth-order valence-electron chi connectivity index (χ4n) is 1.08. The highest BCUT2D eigenvalue weighted by Gasteiger charge is 2.07. The van der Waals surface area contributed by atoms with Crippen molar-refractivity contribution in [1.29, 1.82) is 0 Å². The highest BCUT2D eigenvalue weighted by Crippen LogP contribution is 2.29. The van der Waals surface area contributed by atoms with E-state index in [1.807, 2.05) is 0 Å².